The van der Waals surface area contributed by atoms with Crippen LogP contribution in [-0.4, -0.2) is 55.2 Å². The normalized spacial score (nSPS) is 19.3. The minimum absolute atomic E-state index is 0.101. The van der Waals surface area contributed by atoms with Gasteiger partial charge in [0.1, 0.15) is 0 Å². The molecule has 0 radical (unpaired) electrons. The molecule has 2 N–H and O–H groups in total. The molecule has 6 nitrogen and oxygen atoms in total. The monoisotopic (exact) mass is 339 g/mol. The largest absolute Gasteiger partial charge is 0.338 e. The summed E-state index contributed by atoms with van der Waals surface area (Å²) < 4.78 is 26.6. The first kappa shape index (κ1) is 17.9. The second-order valence-electron chi connectivity index (χ2n) is 6.18. The van der Waals surface area contributed by atoms with E-state index in [0.29, 0.717) is 32.6 Å². The Balaban J connectivity index is 2.03. The molecule has 1 amide bonds. The van der Waals surface area contributed by atoms with Gasteiger partial charge in [0.2, 0.25) is 15.9 Å². The van der Waals surface area contributed by atoms with Gasteiger partial charge in [0.25, 0.3) is 0 Å². The summed E-state index contributed by atoms with van der Waals surface area (Å²) in [6.45, 7) is 5.08. The molecule has 1 aromatic carbocycles. The van der Waals surface area contributed by atoms with Gasteiger partial charge in [-0.2, -0.15) is 4.31 Å². The summed E-state index contributed by atoms with van der Waals surface area (Å²) in [5.74, 6) is -0.101. The standard InChI is InChI=1S/C16H25N3O3S/c1-3-9-16(2,17)15(20)18-10-12-19(13-11-18)23(21,22)14-7-5-4-6-8-14/h4-8H,3,9-13,17H2,1-2H3. The number of nitrogens with zero attached hydrogens (tertiary/aromatic N) is 2. The van der Waals surface area contributed by atoms with E-state index in [4.69, 9.17) is 5.73 Å². The molecule has 1 atom stereocenters. The lowest BCUT2D eigenvalue weighted by molar-refractivity contribution is -0.137. The fourth-order valence-corrected chi connectivity index (χ4v) is 4.30. The van der Waals surface area contributed by atoms with Gasteiger partial charge in [0, 0.05) is 26.2 Å². The third-order valence-corrected chi connectivity index (χ3v) is 6.08. The van der Waals surface area contributed by atoms with Crippen molar-refractivity contribution >= 4 is 15.9 Å². The highest BCUT2D eigenvalue weighted by molar-refractivity contribution is 7.89. The van der Waals surface area contributed by atoms with Crippen molar-refractivity contribution in [3.63, 3.8) is 0 Å². The molecule has 23 heavy (non-hydrogen) atoms. The number of benzene rings is 1. The van der Waals surface area contributed by atoms with Crippen LogP contribution in [0, 0.1) is 0 Å². The second-order valence-corrected chi connectivity index (χ2v) is 8.11. The van der Waals surface area contributed by atoms with E-state index in [1.54, 1.807) is 42.2 Å². The predicted octanol–water partition coefficient (Wildman–Crippen LogP) is 1.04. The maximum atomic E-state index is 12.6. The lowest BCUT2D eigenvalue weighted by Gasteiger charge is -2.37. The second kappa shape index (κ2) is 6.98. The van der Waals surface area contributed by atoms with Crippen molar-refractivity contribution in [2.45, 2.75) is 37.1 Å². The molecule has 1 fully saturated rings. The molecule has 1 aliphatic rings. The van der Waals surface area contributed by atoms with Crippen LogP contribution in [-0.2, 0) is 14.8 Å². The smallest absolute Gasteiger partial charge is 0.243 e. The molecular weight excluding hydrogens is 314 g/mol. The van der Waals surface area contributed by atoms with Gasteiger partial charge < -0.3 is 10.6 Å². The number of hydrogen-bond acceptors (Lipinski definition) is 4. The fraction of sp³-hybridized carbons (Fsp3) is 0.562. The first-order valence-electron chi connectivity index (χ1n) is 7.92. The van der Waals surface area contributed by atoms with Crippen molar-refractivity contribution < 1.29 is 13.2 Å². The summed E-state index contributed by atoms with van der Waals surface area (Å²) in [6.07, 6.45) is 1.45. The van der Waals surface area contributed by atoms with Crippen LogP contribution in [0.4, 0.5) is 0 Å². The Labute approximate surface area is 138 Å². The number of nitrogens with two attached hydrogens (primary N) is 1. The van der Waals surface area contributed by atoms with E-state index in [9.17, 15) is 13.2 Å². The van der Waals surface area contributed by atoms with E-state index >= 15 is 0 Å². The zero-order valence-corrected chi connectivity index (χ0v) is 14.6. The summed E-state index contributed by atoms with van der Waals surface area (Å²) in [7, 11) is -3.49. The minimum atomic E-state index is -3.49. The Morgan fingerprint density at radius 3 is 2.26 bits per heavy atom. The van der Waals surface area contributed by atoms with E-state index < -0.39 is 15.6 Å². The maximum absolute atomic E-state index is 12.6. The maximum Gasteiger partial charge on any atom is 0.243 e. The molecule has 0 aliphatic carbocycles. The number of sulfonamides is 1. The lowest BCUT2D eigenvalue weighted by Crippen LogP contribution is -2.58. The summed E-state index contributed by atoms with van der Waals surface area (Å²) in [6, 6.07) is 8.37. The molecule has 0 saturated carbocycles. The minimum Gasteiger partial charge on any atom is -0.338 e. The van der Waals surface area contributed by atoms with Crippen LogP contribution in [0.3, 0.4) is 0 Å². The highest BCUT2D eigenvalue weighted by Gasteiger charge is 2.35. The zero-order chi connectivity index (χ0) is 17.1. The highest BCUT2D eigenvalue weighted by Crippen LogP contribution is 2.19. The van der Waals surface area contributed by atoms with Gasteiger partial charge in [-0.05, 0) is 25.5 Å². The van der Waals surface area contributed by atoms with Crippen LogP contribution in [0.2, 0.25) is 0 Å². The Bertz CT molecular complexity index is 636. The fourth-order valence-electron chi connectivity index (χ4n) is 2.86. The summed E-state index contributed by atoms with van der Waals surface area (Å²) in [5, 5.41) is 0. The van der Waals surface area contributed by atoms with Gasteiger partial charge in [0.15, 0.2) is 0 Å². The Hall–Kier alpha value is -1.44. The molecule has 1 saturated heterocycles. The molecule has 128 valence electrons. The summed E-state index contributed by atoms with van der Waals surface area (Å²) in [5.41, 5.74) is 5.21. The van der Waals surface area contributed by atoms with Crippen molar-refractivity contribution in [2.24, 2.45) is 5.73 Å². The van der Waals surface area contributed by atoms with Gasteiger partial charge in [0.05, 0.1) is 10.4 Å². The third-order valence-electron chi connectivity index (χ3n) is 4.16. The Kier molecular flexibility index (Phi) is 5.44. The molecule has 0 aromatic heterocycles. The first-order valence-corrected chi connectivity index (χ1v) is 9.36. The van der Waals surface area contributed by atoms with Crippen LogP contribution in [0.15, 0.2) is 35.2 Å². The van der Waals surface area contributed by atoms with Crippen molar-refractivity contribution in [2.75, 3.05) is 26.2 Å². The predicted molar refractivity (Wildman–Crippen MR) is 89.3 cm³/mol. The van der Waals surface area contributed by atoms with Crippen molar-refractivity contribution in [3.8, 4) is 0 Å². The molecule has 1 heterocycles. The first-order chi connectivity index (χ1) is 10.8. The number of piperazine rings is 1. The van der Waals surface area contributed by atoms with Gasteiger partial charge in [-0.3, -0.25) is 4.79 Å². The van der Waals surface area contributed by atoms with Gasteiger partial charge in [-0.15, -0.1) is 0 Å². The van der Waals surface area contributed by atoms with Crippen molar-refractivity contribution in [3.05, 3.63) is 30.3 Å². The molecule has 2 rings (SSSR count). The summed E-state index contributed by atoms with van der Waals surface area (Å²) >= 11 is 0. The quantitative estimate of drug-likeness (QED) is 0.869. The van der Waals surface area contributed by atoms with Crippen LogP contribution in [0.1, 0.15) is 26.7 Å². The number of carbonyl (C=O) groups is 1. The topological polar surface area (TPSA) is 83.7 Å². The average Bonchev–Trinajstić information content (AvgIpc) is 2.55. The molecule has 1 unspecified atom stereocenters. The number of hydrogen-bond donors (Lipinski definition) is 1. The van der Waals surface area contributed by atoms with Gasteiger partial charge in [-0.1, -0.05) is 31.5 Å². The van der Waals surface area contributed by atoms with E-state index in [0.717, 1.165) is 6.42 Å². The zero-order valence-electron chi connectivity index (χ0n) is 13.7. The van der Waals surface area contributed by atoms with E-state index in [-0.39, 0.29) is 10.8 Å². The van der Waals surface area contributed by atoms with Gasteiger partial charge in [-0.25, -0.2) is 8.42 Å². The molecular formula is C16H25N3O3S. The van der Waals surface area contributed by atoms with Gasteiger partial charge >= 0.3 is 0 Å². The van der Waals surface area contributed by atoms with Crippen molar-refractivity contribution in [1.29, 1.82) is 0 Å². The highest BCUT2D eigenvalue weighted by atomic mass is 32.2. The SMILES string of the molecule is CCCC(C)(N)C(=O)N1CCN(S(=O)(=O)c2ccccc2)CC1. The van der Waals surface area contributed by atoms with E-state index in [1.807, 2.05) is 6.92 Å². The molecule has 1 aliphatic heterocycles. The van der Waals surface area contributed by atoms with Crippen molar-refractivity contribution in [1.82, 2.24) is 9.21 Å². The van der Waals surface area contributed by atoms with Crippen LogP contribution in [0.25, 0.3) is 0 Å². The molecule has 0 bridgehead atoms. The Morgan fingerprint density at radius 2 is 1.74 bits per heavy atom. The van der Waals surface area contributed by atoms with Crippen LogP contribution >= 0.6 is 0 Å². The van der Waals surface area contributed by atoms with E-state index in [2.05, 4.69) is 0 Å². The number of carbonyl (C=O) groups excluding carboxylic acids is 1. The third kappa shape index (κ3) is 3.91. The number of amides is 1. The Morgan fingerprint density at radius 1 is 1.17 bits per heavy atom. The number of rotatable bonds is 5. The molecule has 0 spiro atoms. The van der Waals surface area contributed by atoms with E-state index in [1.165, 1.54) is 4.31 Å². The van der Waals surface area contributed by atoms with Crippen LogP contribution < -0.4 is 5.73 Å². The summed E-state index contributed by atoms with van der Waals surface area (Å²) in [4.78, 5) is 14.4. The molecule has 1 aromatic rings. The average molecular weight is 339 g/mol. The lowest BCUT2D eigenvalue weighted by atomic mass is 9.95. The molecule has 7 heteroatoms. The van der Waals surface area contributed by atoms with Crippen LogP contribution in [0.5, 0.6) is 0 Å².